The maximum atomic E-state index is 9.47. The zero-order valence-corrected chi connectivity index (χ0v) is 7.90. The van der Waals surface area contributed by atoms with E-state index in [1.807, 2.05) is 19.1 Å². The molecule has 2 aromatic rings. The number of phenolic OH excluding ortho intramolecular Hbond substituents is 1. The van der Waals surface area contributed by atoms with Gasteiger partial charge in [-0.1, -0.05) is 18.2 Å². The van der Waals surface area contributed by atoms with Crippen molar-refractivity contribution in [3.63, 3.8) is 0 Å². The second-order valence-corrected chi connectivity index (χ2v) is 3.00. The third-order valence-electron chi connectivity index (χ3n) is 1.97. The number of aromatic hydroxyl groups is 1. The summed E-state index contributed by atoms with van der Waals surface area (Å²) >= 11 is 0. The van der Waals surface area contributed by atoms with Gasteiger partial charge in [-0.15, -0.1) is 0 Å². The fourth-order valence-corrected chi connectivity index (χ4v) is 1.29. The molecule has 72 valence electrons. The first kappa shape index (κ1) is 8.81. The monoisotopic (exact) mass is 189 g/mol. The highest BCUT2D eigenvalue weighted by atomic mass is 16.3. The fourth-order valence-electron chi connectivity index (χ4n) is 1.29. The molecule has 0 radical (unpaired) electrons. The maximum absolute atomic E-state index is 9.47. The van der Waals surface area contributed by atoms with Gasteiger partial charge in [0.05, 0.1) is 0 Å². The molecule has 0 fully saturated rings. The number of fused-ring (bicyclic) bond motifs is 1. The summed E-state index contributed by atoms with van der Waals surface area (Å²) in [6.45, 7) is 1.94. The van der Waals surface area contributed by atoms with Crippen LogP contribution in [-0.2, 0) is 6.42 Å². The molecule has 0 aliphatic heterocycles. The highest BCUT2D eigenvalue weighted by molar-refractivity contribution is 5.79. The van der Waals surface area contributed by atoms with Gasteiger partial charge in [-0.2, -0.15) is 0 Å². The number of rotatable bonds is 2. The molecule has 0 unspecified atom stereocenters. The van der Waals surface area contributed by atoms with E-state index in [0.29, 0.717) is 23.4 Å². The number of aromatic nitrogens is 1. The van der Waals surface area contributed by atoms with E-state index in [1.165, 1.54) is 0 Å². The molecule has 1 aromatic carbocycles. The highest BCUT2D eigenvalue weighted by Gasteiger charge is 2.06. The normalized spacial score (nSPS) is 11.5. The Morgan fingerprint density at radius 3 is 3.07 bits per heavy atom. The first-order valence-electron chi connectivity index (χ1n) is 4.50. The number of nitrogens with zero attached hydrogens (tertiary/aromatic N) is 1. The molecular weight excluding hydrogens is 178 g/mol. The van der Waals surface area contributed by atoms with Crippen molar-refractivity contribution >= 4 is 11.1 Å². The van der Waals surface area contributed by atoms with Gasteiger partial charge in [-0.3, -0.25) is 0 Å². The molecule has 1 N–H and O–H groups in total. The van der Waals surface area contributed by atoms with Gasteiger partial charge in [0.25, 0.3) is 0 Å². The standard InChI is InChI=1S/C11H11NO2/c1-2-3-7-10-12-11-8(13)5-4-6-9(11)14-10/h2-6,13H,7H2,1H3/b3-2+. The quantitative estimate of drug-likeness (QED) is 0.739. The van der Waals surface area contributed by atoms with E-state index >= 15 is 0 Å². The lowest BCUT2D eigenvalue weighted by Crippen LogP contribution is -1.78. The predicted octanol–water partition coefficient (Wildman–Crippen LogP) is 2.65. The van der Waals surface area contributed by atoms with Crippen molar-refractivity contribution in [1.29, 1.82) is 0 Å². The van der Waals surface area contributed by atoms with Crippen LogP contribution in [0, 0.1) is 0 Å². The van der Waals surface area contributed by atoms with Crippen molar-refractivity contribution in [1.82, 2.24) is 4.98 Å². The van der Waals surface area contributed by atoms with E-state index in [0.717, 1.165) is 0 Å². The average molecular weight is 189 g/mol. The molecule has 0 saturated carbocycles. The number of oxazole rings is 1. The minimum absolute atomic E-state index is 0.165. The molecule has 3 nitrogen and oxygen atoms in total. The summed E-state index contributed by atoms with van der Waals surface area (Å²) in [6, 6.07) is 5.13. The number of para-hydroxylation sites is 1. The van der Waals surface area contributed by atoms with E-state index in [2.05, 4.69) is 4.98 Å². The lowest BCUT2D eigenvalue weighted by Gasteiger charge is -1.87. The first-order chi connectivity index (χ1) is 6.81. The lowest BCUT2D eigenvalue weighted by atomic mass is 10.3. The van der Waals surface area contributed by atoms with Crippen LogP contribution in [-0.4, -0.2) is 10.1 Å². The molecule has 0 saturated heterocycles. The summed E-state index contributed by atoms with van der Waals surface area (Å²) < 4.78 is 5.43. The molecule has 0 bridgehead atoms. The fraction of sp³-hybridized carbons (Fsp3) is 0.182. The molecule has 0 spiro atoms. The Morgan fingerprint density at radius 1 is 1.50 bits per heavy atom. The minimum atomic E-state index is 0.165. The van der Waals surface area contributed by atoms with Crippen molar-refractivity contribution in [2.24, 2.45) is 0 Å². The van der Waals surface area contributed by atoms with Crippen LogP contribution in [0.25, 0.3) is 11.1 Å². The van der Waals surface area contributed by atoms with E-state index in [4.69, 9.17) is 4.42 Å². The van der Waals surface area contributed by atoms with E-state index in [9.17, 15) is 5.11 Å². The van der Waals surface area contributed by atoms with Gasteiger partial charge < -0.3 is 9.52 Å². The van der Waals surface area contributed by atoms with E-state index in [1.54, 1.807) is 18.2 Å². The molecule has 14 heavy (non-hydrogen) atoms. The van der Waals surface area contributed by atoms with Crippen molar-refractivity contribution in [3.05, 3.63) is 36.2 Å². The molecule has 1 heterocycles. The van der Waals surface area contributed by atoms with Gasteiger partial charge >= 0.3 is 0 Å². The van der Waals surface area contributed by atoms with Gasteiger partial charge in [0, 0.05) is 6.42 Å². The summed E-state index contributed by atoms with van der Waals surface area (Å²) in [5.41, 5.74) is 1.16. The summed E-state index contributed by atoms with van der Waals surface area (Å²) in [7, 11) is 0. The third kappa shape index (κ3) is 1.48. The number of benzene rings is 1. The summed E-state index contributed by atoms with van der Waals surface area (Å²) in [5, 5.41) is 9.47. The van der Waals surface area contributed by atoms with Crippen molar-refractivity contribution in [2.75, 3.05) is 0 Å². The Kier molecular flexibility index (Phi) is 2.23. The van der Waals surface area contributed by atoms with Gasteiger partial charge in [0.1, 0.15) is 5.75 Å². The molecule has 0 amide bonds. The average Bonchev–Trinajstić information content (AvgIpc) is 2.59. The topological polar surface area (TPSA) is 46.3 Å². The Morgan fingerprint density at radius 2 is 2.36 bits per heavy atom. The second kappa shape index (κ2) is 3.54. The molecule has 0 aliphatic rings. The van der Waals surface area contributed by atoms with Crippen molar-refractivity contribution < 1.29 is 9.52 Å². The van der Waals surface area contributed by atoms with Crippen LogP contribution in [0.15, 0.2) is 34.8 Å². The van der Waals surface area contributed by atoms with Crippen LogP contribution in [0.3, 0.4) is 0 Å². The van der Waals surface area contributed by atoms with E-state index < -0.39 is 0 Å². The largest absolute Gasteiger partial charge is 0.506 e. The molecule has 0 atom stereocenters. The van der Waals surface area contributed by atoms with Crippen LogP contribution in [0.1, 0.15) is 12.8 Å². The molecular formula is C11H11NO2. The van der Waals surface area contributed by atoms with Crippen molar-refractivity contribution in [3.8, 4) is 5.75 Å². The van der Waals surface area contributed by atoms with Crippen LogP contribution < -0.4 is 0 Å². The Bertz CT molecular complexity index is 471. The zero-order chi connectivity index (χ0) is 9.97. The SMILES string of the molecule is C/C=C/Cc1nc2c(O)cccc2o1. The van der Waals surface area contributed by atoms with Crippen LogP contribution in [0.2, 0.25) is 0 Å². The third-order valence-corrected chi connectivity index (χ3v) is 1.97. The van der Waals surface area contributed by atoms with Crippen molar-refractivity contribution in [2.45, 2.75) is 13.3 Å². The van der Waals surface area contributed by atoms with Gasteiger partial charge in [0.15, 0.2) is 17.0 Å². The maximum Gasteiger partial charge on any atom is 0.199 e. The second-order valence-electron chi connectivity index (χ2n) is 3.00. The number of hydrogen-bond donors (Lipinski definition) is 1. The summed E-state index contributed by atoms with van der Waals surface area (Å²) in [4.78, 5) is 4.18. The number of phenols is 1. The molecule has 1 aromatic heterocycles. The minimum Gasteiger partial charge on any atom is -0.506 e. The first-order valence-corrected chi connectivity index (χ1v) is 4.50. The van der Waals surface area contributed by atoms with Gasteiger partial charge in [-0.25, -0.2) is 4.98 Å². The van der Waals surface area contributed by atoms with Crippen LogP contribution >= 0.6 is 0 Å². The van der Waals surface area contributed by atoms with Crippen LogP contribution in [0.4, 0.5) is 0 Å². The Hall–Kier alpha value is -1.77. The lowest BCUT2D eigenvalue weighted by molar-refractivity contribution is 0.480. The highest BCUT2D eigenvalue weighted by Crippen LogP contribution is 2.24. The molecule has 3 heteroatoms. The number of allylic oxidation sites excluding steroid dienone is 2. The smallest absolute Gasteiger partial charge is 0.199 e. The number of hydrogen-bond acceptors (Lipinski definition) is 3. The Balaban J connectivity index is 2.46. The summed E-state index contributed by atoms with van der Waals surface area (Å²) in [6.07, 6.45) is 4.56. The molecule has 2 rings (SSSR count). The van der Waals surface area contributed by atoms with Gasteiger partial charge in [-0.05, 0) is 19.1 Å². The zero-order valence-electron chi connectivity index (χ0n) is 7.90. The Labute approximate surface area is 81.7 Å². The predicted molar refractivity (Wildman–Crippen MR) is 54.2 cm³/mol. The van der Waals surface area contributed by atoms with E-state index in [-0.39, 0.29) is 5.75 Å². The molecule has 0 aliphatic carbocycles. The van der Waals surface area contributed by atoms with Crippen LogP contribution in [0.5, 0.6) is 5.75 Å². The summed E-state index contributed by atoms with van der Waals surface area (Å²) in [5.74, 6) is 0.789. The van der Waals surface area contributed by atoms with Gasteiger partial charge in [0.2, 0.25) is 0 Å².